The van der Waals surface area contributed by atoms with Crippen LogP contribution < -0.4 is 5.32 Å². The summed E-state index contributed by atoms with van der Waals surface area (Å²) in [6.07, 6.45) is 4.18. The lowest BCUT2D eigenvalue weighted by atomic mass is 9.79. The standard InChI is InChI=1S/C13H26N2O2/c1-3-8-15(9-10-16)11-13(12-17-2)4-6-14-7-5-13/h3,14,16H,1,4-12H2,2H3. The molecule has 0 atom stereocenters. The maximum atomic E-state index is 9.09. The van der Waals surface area contributed by atoms with Gasteiger partial charge in [-0.25, -0.2) is 0 Å². The maximum absolute atomic E-state index is 9.09. The molecule has 4 nitrogen and oxygen atoms in total. The second kappa shape index (κ2) is 7.82. The normalized spacial score (nSPS) is 19.5. The highest BCUT2D eigenvalue weighted by atomic mass is 16.5. The summed E-state index contributed by atoms with van der Waals surface area (Å²) in [7, 11) is 1.77. The van der Waals surface area contributed by atoms with Crippen molar-refractivity contribution in [2.75, 3.05) is 53.0 Å². The quantitative estimate of drug-likeness (QED) is 0.608. The predicted molar refractivity (Wildman–Crippen MR) is 70.1 cm³/mol. The van der Waals surface area contributed by atoms with Crippen LogP contribution in [0.25, 0.3) is 0 Å². The fraction of sp³-hybridized carbons (Fsp3) is 0.846. The fourth-order valence-electron chi connectivity index (χ4n) is 2.64. The third-order valence-electron chi connectivity index (χ3n) is 3.48. The number of nitrogens with zero attached hydrogens (tertiary/aromatic N) is 1. The lowest BCUT2D eigenvalue weighted by Crippen LogP contribution is -2.47. The average molecular weight is 242 g/mol. The molecule has 1 saturated heterocycles. The Hall–Kier alpha value is -0.420. The van der Waals surface area contributed by atoms with E-state index in [-0.39, 0.29) is 12.0 Å². The Morgan fingerprint density at radius 1 is 1.47 bits per heavy atom. The van der Waals surface area contributed by atoms with Crippen LogP contribution in [0.4, 0.5) is 0 Å². The van der Waals surface area contributed by atoms with E-state index in [4.69, 9.17) is 9.84 Å². The molecule has 0 aliphatic carbocycles. The van der Waals surface area contributed by atoms with Gasteiger partial charge in [-0.05, 0) is 25.9 Å². The molecule has 0 spiro atoms. The Bertz CT molecular complexity index is 210. The van der Waals surface area contributed by atoms with Crippen LogP contribution in [0, 0.1) is 5.41 Å². The number of methoxy groups -OCH3 is 1. The summed E-state index contributed by atoms with van der Waals surface area (Å²) in [5.41, 5.74) is 0.234. The first kappa shape index (κ1) is 14.6. The average Bonchev–Trinajstić information content (AvgIpc) is 2.31. The van der Waals surface area contributed by atoms with E-state index in [2.05, 4.69) is 16.8 Å². The van der Waals surface area contributed by atoms with E-state index >= 15 is 0 Å². The monoisotopic (exact) mass is 242 g/mol. The minimum absolute atomic E-state index is 0.204. The van der Waals surface area contributed by atoms with Gasteiger partial charge in [0.1, 0.15) is 0 Å². The number of hydrogen-bond acceptors (Lipinski definition) is 4. The molecule has 100 valence electrons. The van der Waals surface area contributed by atoms with Crippen LogP contribution in [0.2, 0.25) is 0 Å². The van der Waals surface area contributed by atoms with Crippen LogP contribution in [0.3, 0.4) is 0 Å². The lowest BCUT2D eigenvalue weighted by Gasteiger charge is -2.40. The molecule has 0 saturated carbocycles. The zero-order valence-electron chi connectivity index (χ0n) is 11.0. The minimum atomic E-state index is 0.204. The molecule has 1 aliphatic heterocycles. The summed E-state index contributed by atoms with van der Waals surface area (Å²) in [4.78, 5) is 2.26. The second-order valence-corrected chi connectivity index (χ2v) is 4.93. The third kappa shape index (κ3) is 4.76. The Balaban J connectivity index is 2.58. The van der Waals surface area contributed by atoms with Crippen LogP contribution in [0.5, 0.6) is 0 Å². The topological polar surface area (TPSA) is 44.7 Å². The molecule has 0 aromatic carbocycles. The predicted octanol–water partition coefficient (Wildman–Crippen LogP) is 0.483. The molecule has 17 heavy (non-hydrogen) atoms. The van der Waals surface area contributed by atoms with E-state index in [1.165, 1.54) is 0 Å². The highest BCUT2D eigenvalue weighted by Crippen LogP contribution is 2.30. The first-order valence-electron chi connectivity index (χ1n) is 6.40. The van der Waals surface area contributed by atoms with Crippen molar-refractivity contribution in [2.45, 2.75) is 12.8 Å². The maximum Gasteiger partial charge on any atom is 0.0558 e. The number of hydrogen-bond donors (Lipinski definition) is 2. The number of aliphatic hydroxyl groups excluding tert-OH is 1. The molecule has 0 amide bonds. The highest BCUT2D eigenvalue weighted by Gasteiger charge is 2.33. The van der Waals surface area contributed by atoms with Crippen LogP contribution in [-0.2, 0) is 4.74 Å². The molecule has 4 heteroatoms. The molecule has 0 bridgehead atoms. The molecule has 0 unspecified atom stereocenters. The van der Waals surface area contributed by atoms with Crippen molar-refractivity contribution < 1.29 is 9.84 Å². The van der Waals surface area contributed by atoms with E-state index < -0.39 is 0 Å². The van der Waals surface area contributed by atoms with Gasteiger partial charge in [-0.2, -0.15) is 0 Å². The molecular formula is C13H26N2O2. The molecule has 1 aliphatic rings. The molecular weight excluding hydrogens is 216 g/mol. The number of nitrogens with one attached hydrogen (secondary N) is 1. The lowest BCUT2D eigenvalue weighted by molar-refractivity contribution is 0.0216. The van der Waals surface area contributed by atoms with Crippen LogP contribution in [0.15, 0.2) is 12.7 Å². The molecule has 1 heterocycles. The van der Waals surface area contributed by atoms with Gasteiger partial charge in [0, 0.05) is 32.2 Å². The van der Waals surface area contributed by atoms with Gasteiger partial charge in [-0.15, -0.1) is 6.58 Å². The minimum Gasteiger partial charge on any atom is -0.395 e. The van der Waals surface area contributed by atoms with Crippen LogP contribution in [0.1, 0.15) is 12.8 Å². The molecule has 1 rings (SSSR count). The zero-order valence-corrected chi connectivity index (χ0v) is 11.0. The summed E-state index contributed by atoms with van der Waals surface area (Å²) in [6, 6.07) is 0. The number of piperidine rings is 1. The fourth-order valence-corrected chi connectivity index (χ4v) is 2.64. The van der Waals surface area contributed by atoms with Crippen molar-refractivity contribution in [3.63, 3.8) is 0 Å². The van der Waals surface area contributed by atoms with Gasteiger partial charge in [0.25, 0.3) is 0 Å². The number of aliphatic hydroxyl groups is 1. The van der Waals surface area contributed by atoms with E-state index in [9.17, 15) is 0 Å². The van der Waals surface area contributed by atoms with Crippen molar-refractivity contribution in [3.05, 3.63) is 12.7 Å². The number of rotatable bonds is 8. The van der Waals surface area contributed by atoms with Crippen molar-refractivity contribution in [2.24, 2.45) is 5.41 Å². The summed E-state index contributed by atoms with van der Waals surface area (Å²) < 4.78 is 5.40. The van der Waals surface area contributed by atoms with Gasteiger partial charge >= 0.3 is 0 Å². The second-order valence-electron chi connectivity index (χ2n) is 4.93. The van der Waals surface area contributed by atoms with Gasteiger partial charge in [0.2, 0.25) is 0 Å². The Kier molecular flexibility index (Phi) is 6.73. The Morgan fingerprint density at radius 2 is 2.18 bits per heavy atom. The van der Waals surface area contributed by atoms with Crippen LogP contribution >= 0.6 is 0 Å². The molecule has 0 aromatic rings. The molecule has 0 radical (unpaired) electrons. The van der Waals surface area contributed by atoms with Crippen molar-refractivity contribution in [3.8, 4) is 0 Å². The van der Waals surface area contributed by atoms with Crippen molar-refractivity contribution in [1.82, 2.24) is 10.2 Å². The van der Waals surface area contributed by atoms with Gasteiger partial charge in [0.05, 0.1) is 13.2 Å². The largest absolute Gasteiger partial charge is 0.395 e. The first-order valence-corrected chi connectivity index (χ1v) is 6.40. The van der Waals surface area contributed by atoms with E-state index in [1.807, 2.05) is 6.08 Å². The van der Waals surface area contributed by atoms with E-state index in [0.29, 0.717) is 6.54 Å². The van der Waals surface area contributed by atoms with Crippen LogP contribution in [-0.4, -0.2) is 63.1 Å². The van der Waals surface area contributed by atoms with E-state index in [1.54, 1.807) is 7.11 Å². The third-order valence-corrected chi connectivity index (χ3v) is 3.48. The van der Waals surface area contributed by atoms with E-state index in [0.717, 1.165) is 45.6 Å². The number of ether oxygens (including phenoxy) is 1. The van der Waals surface area contributed by atoms with Gasteiger partial charge in [-0.3, -0.25) is 4.90 Å². The summed E-state index contributed by atoms with van der Waals surface area (Å²) in [5.74, 6) is 0. The summed E-state index contributed by atoms with van der Waals surface area (Å²) >= 11 is 0. The van der Waals surface area contributed by atoms with Gasteiger partial charge in [-0.1, -0.05) is 6.08 Å². The van der Waals surface area contributed by atoms with Gasteiger partial charge < -0.3 is 15.2 Å². The summed E-state index contributed by atoms with van der Waals surface area (Å²) in [5, 5.41) is 12.5. The summed E-state index contributed by atoms with van der Waals surface area (Å²) in [6.45, 7) is 9.43. The Morgan fingerprint density at radius 3 is 2.71 bits per heavy atom. The molecule has 1 fully saturated rings. The van der Waals surface area contributed by atoms with Gasteiger partial charge in [0.15, 0.2) is 0 Å². The molecule has 0 aromatic heterocycles. The SMILES string of the molecule is C=CCN(CCO)CC1(COC)CCNCC1. The Labute approximate surface area is 105 Å². The highest BCUT2D eigenvalue weighted by molar-refractivity contribution is 4.89. The van der Waals surface area contributed by atoms with Crippen molar-refractivity contribution >= 4 is 0 Å². The zero-order chi connectivity index (χ0) is 12.6. The smallest absolute Gasteiger partial charge is 0.0558 e. The first-order chi connectivity index (χ1) is 8.26. The molecule has 2 N–H and O–H groups in total. The van der Waals surface area contributed by atoms with Crippen molar-refractivity contribution in [1.29, 1.82) is 0 Å².